The Labute approximate surface area is 166 Å². The van der Waals surface area contributed by atoms with Crippen molar-refractivity contribution in [3.63, 3.8) is 0 Å². The average Bonchev–Trinajstić information content (AvgIpc) is 2.67. The summed E-state index contributed by atoms with van der Waals surface area (Å²) < 4.78 is 10.8. The lowest BCUT2D eigenvalue weighted by Crippen LogP contribution is -2.34. The van der Waals surface area contributed by atoms with Gasteiger partial charge < -0.3 is 19.9 Å². The van der Waals surface area contributed by atoms with Crippen LogP contribution in [0.4, 0.5) is 11.4 Å². The number of aromatic hydroxyl groups is 1. The summed E-state index contributed by atoms with van der Waals surface area (Å²) >= 11 is 5.06. The number of nitro benzene ring substituents is 1. The van der Waals surface area contributed by atoms with Crippen molar-refractivity contribution in [2.24, 2.45) is 0 Å². The van der Waals surface area contributed by atoms with Gasteiger partial charge >= 0.3 is 0 Å². The maximum atomic E-state index is 12.5. The number of benzene rings is 2. The van der Waals surface area contributed by atoms with Gasteiger partial charge in [-0.25, -0.2) is 0 Å². The molecule has 10 heteroatoms. The molecule has 0 heterocycles. The molecule has 0 unspecified atom stereocenters. The van der Waals surface area contributed by atoms with Crippen LogP contribution in [0, 0.1) is 10.1 Å². The third-order valence-electron chi connectivity index (χ3n) is 3.49. The fourth-order valence-electron chi connectivity index (χ4n) is 2.20. The van der Waals surface area contributed by atoms with Gasteiger partial charge in [0.1, 0.15) is 18.1 Å². The Morgan fingerprint density at radius 1 is 1.25 bits per heavy atom. The lowest BCUT2D eigenvalue weighted by atomic mass is 10.2. The number of carbonyl (C=O) groups is 1. The molecular formula is C18H19N3O6S. The van der Waals surface area contributed by atoms with Crippen molar-refractivity contribution in [1.82, 2.24) is 5.32 Å². The second kappa shape index (κ2) is 10.2. The van der Waals surface area contributed by atoms with Crippen molar-refractivity contribution in [3.05, 3.63) is 58.1 Å². The SMILES string of the molecule is CCOCCOc1ccccc1C(=O)NC(=S)Nc1cc([N+](=O)[O-])ccc1O. The zero-order valence-corrected chi connectivity index (χ0v) is 15.8. The Morgan fingerprint density at radius 2 is 2.00 bits per heavy atom. The Balaban J connectivity index is 2.04. The Kier molecular flexibility index (Phi) is 7.66. The van der Waals surface area contributed by atoms with Crippen molar-refractivity contribution in [2.75, 3.05) is 25.1 Å². The molecule has 9 nitrogen and oxygen atoms in total. The highest BCUT2D eigenvalue weighted by atomic mass is 32.1. The molecule has 0 aliphatic heterocycles. The monoisotopic (exact) mass is 405 g/mol. The minimum atomic E-state index is -0.609. The van der Waals surface area contributed by atoms with E-state index < -0.39 is 10.8 Å². The van der Waals surface area contributed by atoms with E-state index in [1.165, 1.54) is 0 Å². The number of nitrogens with zero attached hydrogens (tertiary/aromatic N) is 1. The highest BCUT2D eigenvalue weighted by Crippen LogP contribution is 2.27. The standard InChI is InChI=1S/C18H19N3O6S/c1-2-26-9-10-27-16-6-4-3-5-13(16)17(23)20-18(28)19-14-11-12(21(24)25)7-8-15(14)22/h3-8,11,22H,2,9-10H2,1H3,(H2,19,20,23,28). The van der Waals surface area contributed by atoms with Gasteiger partial charge in [-0.2, -0.15) is 0 Å². The van der Waals surface area contributed by atoms with E-state index in [2.05, 4.69) is 10.6 Å². The molecule has 0 radical (unpaired) electrons. The number of hydrogen-bond donors (Lipinski definition) is 3. The number of anilines is 1. The number of nitro groups is 1. The van der Waals surface area contributed by atoms with Crippen molar-refractivity contribution in [1.29, 1.82) is 0 Å². The second-order valence-corrected chi connectivity index (χ2v) is 5.82. The molecule has 0 aliphatic rings. The van der Waals surface area contributed by atoms with E-state index in [9.17, 15) is 20.0 Å². The number of thiocarbonyl (C=S) groups is 1. The van der Waals surface area contributed by atoms with Crippen LogP contribution in [0.5, 0.6) is 11.5 Å². The number of hydrogen-bond acceptors (Lipinski definition) is 7. The van der Waals surface area contributed by atoms with Crippen LogP contribution in [0.1, 0.15) is 17.3 Å². The molecule has 0 bridgehead atoms. The average molecular weight is 405 g/mol. The van der Waals surface area contributed by atoms with Crippen LogP contribution < -0.4 is 15.4 Å². The van der Waals surface area contributed by atoms with Crippen LogP contribution in [0.3, 0.4) is 0 Å². The number of phenols is 1. The molecule has 2 rings (SSSR count). The van der Waals surface area contributed by atoms with Crippen molar-refractivity contribution >= 4 is 34.6 Å². The van der Waals surface area contributed by atoms with Crippen LogP contribution in [0.25, 0.3) is 0 Å². The zero-order chi connectivity index (χ0) is 20.5. The number of para-hydroxylation sites is 1. The lowest BCUT2D eigenvalue weighted by molar-refractivity contribution is -0.384. The van der Waals surface area contributed by atoms with Gasteiger partial charge in [0.05, 0.1) is 22.8 Å². The van der Waals surface area contributed by atoms with E-state index in [-0.39, 0.29) is 34.4 Å². The lowest BCUT2D eigenvalue weighted by Gasteiger charge is -2.13. The molecule has 0 spiro atoms. The maximum Gasteiger partial charge on any atom is 0.271 e. The number of rotatable bonds is 8. The molecular weight excluding hydrogens is 386 g/mol. The Bertz CT molecular complexity index is 874. The third kappa shape index (κ3) is 5.89. The summed E-state index contributed by atoms with van der Waals surface area (Å²) in [6.45, 7) is 3.10. The second-order valence-electron chi connectivity index (χ2n) is 5.41. The number of ether oxygens (including phenoxy) is 2. The summed E-state index contributed by atoms with van der Waals surface area (Å²) in [5.41, 5.74) is 0.0228. The predicted molar refractivity (Wildman–Crippen MR) is 107 cm³/mol. The summed E-state index contributed by atoms with van der Waals surface area (Å²) in [5, 5.41) is 25.5. The third-order valence-corrected chi connectivity index (χ3v) is 3.69. The summed E-state index contributed by atoms with van der Waals surface area (Å²) in [6, 6.07) is 10.0. The minimum absolute atomic E-state index is 0.000694. The van der Waals surface area contributed by atoms with Gasteiger partial charge in [-0.05, 0) is 37.3 Å². The van der Waals surface area contributed by atoms with Crippen LogP contribution in [-0.4, -0.2) is 40.9 Å². The van der Waals surface area contributed by atoms with Crippen LogP contribution in [-0.2, 0) is 4.74 Å². The highest BCUT2D eigenvalue weighted by molar-refractivity contribution is 7.80. The largest absolute Gasteiger partial charge is 0.506 e. The zero-order valence-electron chi connectivity index (χ0n) is 15.0. The topological polar surface area (TPSA) is 123 Å². The minimum Gasteiger partial charge on any atom is -0.506 e. The van der Waals surface area contributed by atoms with Gasteiger partial charge in [0, 0.05) is 18.7 Å². The fraction of sp³-hybridized carbons (Fsp3) is 0.222. The Hall–Kier alpha value is -3.24. The molecule has 0 aliphatic carbocycles. The number of carbonyl (C=O) groups excluding carboxylic acids is 1. The first-order chi connectivity index (χ1) is 13.4. The smallest absolute Gasteiger partial charge is 0.271 e. The number of amides is 1. The van der Waals surface area contributed by atoms with E-state index in [1.807, 2.05) is 6.92 Å². The number of phenolic OH excluding ortho intramolecular Hbond substituents is 1. The molecule has 2 aromatic rings. The van der Waals surface area contributed by atoms with Crippen LogP contribution >= 0.6 is 12.2 Å². The fourth-order valence-corrected chi connectivity index (χ4v) is 2.40. The molecule has 148 valence electrons. The first-order valence-corrected chi connectivity index (χ1v) is 8.72. The van der Waals surface area contributed by atoms with Crippen molar-refractivity contribution < 1.29 is 24.3 Å². The van der Waals surface area contributed by atoms with E-state index in [4.69, 9.17) is 21.7 Å². The van der Waals surface area contributed by atoms with Crippen molar-refractivity contribution in [2.45, 2.75) is 6.92 Å². The molecule has 0 saturated carbocycles. The van der Waals surface area contributed by atoms with E-state index >= 15 is 0 Å². The molecule has 28 heavy (non-hydrogen) atoms. The first-order valence-electron chi connectivity index (χ1n) is 8.31. The van der Waals surface area contributed by atoms with Crippen molar-refractivity contribution in [3.8, 4) is 11.5 Å². The molecule has 0 fully saturated rings. The first kappa shape index (κ1) is 21.1. The van der Waals surface area contributed by atoms with Gasteiger partial charge in [0.15, 0.2) is 5.11 Å². The Morgan fingerprint density at radius 3 is 2.71 bits per heavy atom. The van der Waals surface area contributed by atoms with Gasteiger partial charge in [0.25, 0.3) is 11.6 Å². The predicted octanol–water partition coefficient (Wildman–Crippen LogP) is 2.84. The number of nitrogens with one attached hydrogen (secondary N) is 2. The van der Waals surface area contributed by atoms with Crippen LogP contribution in [0.15, 0.2) is 42.5 Å². The van der Waals surface area contributed by atoms with Gasteiger partial charge in [0.2, 0.25) is 0 Å². The highest BCUT2D eigenvalue weighted by Gasteiger charge is 2.16. The molecule has 0 saturated heterocycles. The van der Waals surface area contributed by atoms with Crippen LogP contribution in [0.2, 0.25) is 0 Å². The van der Waals surface area contributed by atoms with E-state index in [0.29, 0.717) is 19.0 Å². The molecule has 3 N–H and O–H groups in total. The van der Waals surface area contributed by atoms with E-state index in [0.717, 1.165) is 18.2 Å². The quantitative estimate of drug-likeness (QED) is 0.201. The van der Waals surface area contributed by atoms with Gasteiger partial charge in [-0.1, -0.05) is 12.1 Å². The van der Waals surface area contributed by atoms with Gasteiger partial charge in [-0.3, -0.25) is 20.2 Å². The van der Waals surface area contributed by atoms with Gasteiger partial charge in [-0.15, -0.1) is 0 Å². The normalized spacial score (nSPS) is 10.2. The summed E-state index contributed by atoms with van der Waals surface area (Å²) in [5.74, 6) is -0.419. The maximum absolute atomic E-state index is 12.5. The summed E-state index contributed by atoms with van der Waals surface area (Å²) in [6.07, 6.45) is 0. The molecule has 1 amide bonds. The number of non-ortho nitro benzene ring substituents is 1. The van der Waals surface area contributed by atoms with E-state index in [1.54, 1.807) is 24.3 Å². The summed E-state index contributed by atoms with van der Waals surface area (Å²) in [4.78, 5) is 22.7. The molecule has 0 aromatic heterocycles. The molecule has 0 atom stereocenters. The summed E-state index contributed by atoms with van der Waals surface area (Å²) in [7, 11) is 0. The molecule has 2 aromatic carbocycles.